The van der Waals surface area contributed by atoms with Gasteiger partial charge in [-0.15, -0.1) is 0 Å². The van der Waals surface area contributed by atoms with Crippen molar-refractivity contribution < 1.29 is 9.15 Å². The van der Waals surface area contributed by atoms with E-state index in [2.05, 4.69) is 6.07 Å². The molecule has 0 amide bonds. The minimum absolute atomic E-state index is 0.605. The molecule has 0 radical (unpaired) electrons. The monoisotopic (exact) mass is 249 g/mol. The number of benzene rings is 2. The van der Waals surface area contributed by atoms with E-state index >= 15 is 0 Å². The fraction of sp³-hybridized carbons (Fsp3) is 0.0625. The van der Waals surface area contributed by atoms with E-state index < -0.39 is 0 Å². The number of methoxy groups -OCH3 is 1. The van der Waals surface area contributed by atoms with Gasteiger partial charge in [-0.05, 0) is 36.4 Å². The van der Waals surface area contributed by atoms with Gasteiger partial charge in [0.1, 0.15) is 17.1 Å². The van der Waals surface area contributed by atoms with Crippen molar-refractivity contribution in [3.05, 3.63) is 54.1 Å². The minimum Gasteiger partial charge on any atom is -0.497 e. The molecule has 0 N–H and O–H groups in total. The lowest BCUT2D eigenvalue weighted by Gasteiger charge is -1.98. The molecule has 92 valence electrons. The molecule has 0 aliphatic heterocycles. The molecule has 0 aliphatic carbocycles. The van der Waals surface area contributed by atoms with Gasteiger partial charge in [-0.1, -0.05) is 12.1 Å². The average Bonchev–Trinajstić information content (AvgIpc) is 2.89. The normalized spacial score (nSPS) is 10.3. The lowest BCUT2D eigenvalue weighted by atomic mass is 10.1. The molecule has 0 fully saturated rings. The molecule has 3 nitrogen and oxygen atoms in total. The van der Waals surface area contributed by atoms with Crippen molar-refractivity contribution >= 4 is 11.0 Å². The smallest absolute Gasteiger partial charge is 0.136 e. The summed E-state index contributed by atoms with van der Waals surface area (Å²) in [5.74, 6) is 1.48. The second-order valence-electron chi connectivity index (χ2n) is 4.17. The molecule has 1 heterocycles. The molecule has 2 aromatic carbocycles. The third-order valence-electron chi connectivity index (χ3n) is 3.04. The quantitative estimate of drug-likeness (QED) is 0.690. The van der Waals surface area contributed by atoms with Gasteiger partial charge < -0.3 is 9.15 Å². The molecule has 0 atom stereocenters. The van der Waals surface area contributed by atoms with Gasteiger partial charge in [-0.3, -0.25) is 0 Å². The Morgan fingerprint density at radius 2 is 1.95 bits per heavy atom. The van der Waals surface area contributed by atoms with Crippen molar-refractivity contribution in [1.29, 1.82) is 5.26 Å². The zero-order valence-electron chi connectivity index (χ0n) is 10.4. The second-order valence-corrected chi connectivity index (χ2v) is 4.17. The molecule has 0 unspecified atom stereocenters. The van der Waals surface area contributed by atoms with Gasteiger partial charge in [0.05, 0.1) is 18.7 Å². The topological polar surface area (TPSA) is 46.2 Å². The van der Waals surface area contributed by atoms with Crippen molar-refractivity contribution in [2.45, 2.75) is 0 Å². The Balaban J connectivity index is 2.18. The van der Waals surface area contributed by atoms with Crippen LogP contribution in [0.3, 0.4) is 0 Å². The van der Waals surface area contributed by atoms with Crippen LogP contribution in [0.25, 0.3) is 22.3 Å². The van der Waals surface area contributed by atoms with E-state index in [1.165, 1.54) is 0 Å². The van der Waals surface area contributed by atoms with Gasteiger partial charge in [0, 0.05) is 10.9 Å². The summed E-state index contributed by atoms with van der Waals surface area (Å²) in [6.07, 6.45) is 0. The first kappa shape index (κ1) is 11.4. The summed E-state index contributed by atoms with van der Waals surface area (Å²) in [5.41, 5.74) is 2.19. The van der Waals surface area contributed by atoms with Gasteiger partial charge in [0.15, 0.2) is 0 Å². The van der Waals surface area contributed by atoms with Crippen molar-refractivity contribution in [2.24, 2.45) is 0 Å². The molecule has 19 heavy (non-hydrogen) atoms. The number of nitriles is 1. The van der Waals surface area contributed by atoms with Crippen LogP contribution in [-0.4, -0.2) is 7.11 Å². The van der Waals surface area contributed by atoms with Crippen LogP contribution in [-0.2, 0) is 0 Å². The van der Waals surface area contributed by atoms with E-state index in [9.17, 15) is 0 Å². The zero-order chi connectivity index (χ0) is 13.2. The Bertz CT molecular complexity index is 781. The number of hydrogen-bond donors (Lipinski definition) is 0. The van der Waals surface area contributed by atoms with Crippen LogP contribution in [0.1, 0.15) is 5.56 Å². The molecule has 0 aliphatic rings. The first-order valence-corrected chi connectivity index (χ1v) is 5.89. The number of nitrogens with zero attached hydrogens (tertiary/aromatic N) is 1. The van der Waals surface area contributed by atoms with Gasteiger partial charge in [0.25, 0.3) is 0 Å². The van der Waals surface area contributed by atoms with Gasteiger partial charge in [0.2, 0.25) is 0 Å². The third kappa shape index (κ3) is 1.94. The zero-order valence-corrected chi connectivity index (χ0v) is 10.4. The Labute approximate surface area is 110 Å². The molecular weight excluding hydrogens is 238 g/mol. The van der Waals surface area contributed by atoms with Crippen LogP contribution < -0.4 is 4.74 Å². The molecule has 0 bridgehead atoms. The molecule has 3 aromatic rings. The highest BCUT2D eigenvalue weighted by Gasteiger charge is 2.10. The van der Waals surface area contributed by atoms with Crippen molar-refractivity contribution in [3.8, 4) is 23.1 Å². The van der Waals surface area contributed by atoms with E-state index in [0.29, 0.717) is 11.3 Å². The van der Waals surface area contributed by atoms with Gasteiger partial charge in [-0.25, -0.2) is 0 Å². The van der Waals surface area contributed by atoms with Crippen LogP contribution in [0.4, 0.5) is 0 Å². The lowest BCUT2D eigenvalue weighted by molar-refractivity contribution is 0.415. The van der Waals surface area contributed by atoms with E-state index in [0.717, 1.165) is 22.3 Å². The lowest BCUT2D eigenvalue weighted by Crippen LogP contribution is -1.80. The number of hydrogen-bond acceptors (Lipinski definition) is 3. The highest BCUT2D eigenvalue weighted by molar-refractivity contribution is 5.85. The van der Waals surface area contributed by atoms with Crippen molar-refractivity contribution in [2.75, 3.05) is 7.11 Å². The summed E-state index contributed by atoms with van der Waals surface area (Å²) in [5, 5.41) is 10.1. The summed E-state index contributed by atoms with van der Waals surface area (Å²) in [4.78, 5) is 0. The number of fused-ring (bicyclic) bond motifs is 1. The Morgan fingerprint density at radius 3 is 2.74 bits per heavy atom. The summed E-state index contributed by atoms with van der Waals surface area (Å²) < 4.78 is 11.0. The van der Waals surface area contributed by atoms with Crippen LogP contribution in [0, 0.1) is 11.3 Å². The molecule has 0 saturated heterocycles. The Kier molecular flexibility index (Phi) is 2.70. The van der Waals surface area contributed by atoms with Crippen LogP contribution in [0.5, 0.6) is 5.75 Å². The summed E-state index contributed by atoms with van der Waals surface area (Å²) >= 11 is 0. The maximum Gasteiger partial charge on any atom is 0.136 e. The number of ether oxygens (including phenoxy) is 1. The largest absolute Gasteiger partial charge is 0.497 e. The highest BCUT2D eigenvalue weighted by atomic mass is 16.5. The minimum atomic E-state index is 0.605. The SMILES string of the molecule is COc1ccc2oc(-c3ccccc3C#N)cc2c1. The fourth-order valence-electron chi connectivity index (χ4n) is 2.08. The molecular formula is C16H11NO2. The van der Waals surface area contributed by atoms with Crippen LogP contribution in [0.15, 0.2) is 52.9 Å². The molecule has 3 heteroatoms. The first-order chi connectivity index (χ1) is 9.31. The van der Waals surface area contributed by atoms with Crippen molar-refractivity contribution in [3.63, 3.8) is 0 Å². The molecule has 3 rings (SSSR count). The first-order valence-electron chi connectivity index (χ1n) is 5.89. The fourth-order valence-corrected chi connectivity index (χ4v) is 2.08. The van der Waals surface area contributed by atoms with Crippen molar-refractivity contribution in [1.82, 2.24) is 0 Å². The summed E-state index contributed by atoms with van der Waals surface area (Å²) in [7, 11) is 1.63. The van der Waals surface area contributed by atoms with Gasteiger partial charge >= 0.3 is 0 Å². The van der Waals surface area contributed by atoms with E-state index in [1.807, 2.05) is 42.5 Å². The second kappa shape index (κ2) is 4.51. The Hall–Kier alpha value is -2.73. The Morgan fingerprint density at radius 1 is 1.11 bits per heavy atom. The van der Waals surface area contributed by atoms with Gasteiger partial charge in [-0.2, -0.15) is 5.26 Å². The van der Waals surface area contributed by atoms with Crippen LogP contribution in [0.2, 0.25) is 0 Å². The standard InChI is InChI=1S/C16H11NO2/c1-18-13-6-7-15-12(8-13)9-16(19-15)14-5-3-2-4-11(14)10-17/h2-9H,1H3. The molecule has 1 aromatic heterocycles. The molecule has 0 saturated carbocycles. The summed E-state index contributed by atoms with van der Waals surface area (Å²) in [6, 6.07) is 17.1. The molecule has 0 spiro atoms. The third-order valence-corrected chi connectivity index (χ3v) is 3.04. The number of furan rings is 1. The highest BCUT2D eigenvalue weighted by Crippen LogP contribution is 2.31. The predicted molar refractivity (Wildman–Crippen MR) is 72.9 cm³/mol. The average molecular weight is 249 g/mol. The van der Waals surface area contributed by atoms with E-state index in [4.69, 9.17) is 14.4 Å². The maximum absolute atomic E-state index is 9.13. The van der Waals surface area contributed by atoms with E-state index in [-0.39, 0.29) is 0 Å². The van der Waals surface area contributed by atoms with E-state index in [1.54, 1.807) is 13.2 Å². The summed E-state index contributed by atoms with van der Waals surface area (Å²) in [6.45, 7) is 0. The maximum atomic E-state index is 9.13. The number of rotatable bonds is 2. The van der Waals surface area contributed by atoms with Crippen LogP contribution >= 0.6 is 0 Å². The predicted octanol–water partition coefficient (Wildman–Crippen LogP) is 3.98.